The zero-order valence-corrected chi connectivity index (χ0v) is 11.4. The standard InChI is InChI=1S/C13H19N3O4/c1-2-16(7-8-17)10-3-4-11(14-9-10)15-12(18)5-6-13(19)20/h3-4,9,17H,2,5-8H2,1H3,(H,19,20)(H,14,15,18). The van der Waals surface area contributed by atoms with Crippen molar-refractivity contribution in [1.82, 2.24) is 4.98 Å². The Hall–Kier alpha value is -2.15. The highest BCUT2D eigenvalue weighted by atomic mass is 16.4. The Kier molecular flexibility index (Phi) is 6.45. The van der Waals surface area contributed by atoms with Crippen molar-refractivity contribution in [3.05, 3.63) is 18.3 Å². The molecular weight excluding hydrogens is 262 g/mol. The van der Waals surface area contributed by atoms with Crippen molar-refractivity contribution in [2.75, 3.05) is 29.9 Å². The van der Waals surface area contributed by atoms with Gasteiger partial charge in [0, 0.05) is 19.5 Å². The van der Waals surface area contributed by atoms with Gasteiger partial charge in [-0.2, -0.15) is 0 Å². The number of anilines is 2. The number of carbonyl (C=O) groups excluding carboxylic acids is 1. The zero-order valence-electron chi connectivity index (χ0n) is 11.4. The number of aliphatic carboxylic acids is 1. The summed E-state index contributed by atoms with van der Waals surface area (Å²) in [6.45, 7) is 3.29. The number of pyridine rings is 1. The minimum Gasteiger partial charge on any atom is -0.481 e. The summed E-state index contributed by atoms with van der Waals surface area (Å²) in [5.74, 6) is -1.01. The molecule has 0 aliphatic rings. The molecule has 0 unspecified atom stereocenters. The zero-order chi connectivity index (χ0) is 15.0. The Morgan fingerprint density at radius 3 is 2.60 bits per heavy atom. The number of hydrogen-bond acceptors (Lipinski definition) is 5. The molecule has 1 aromatic rings. The molecule has 0 bridgehead atoms. The molecule has 0 saturated heterocycles. The van der Waals surface area contributed by atoms with E-state index in [1.807, 2.05) is 11.8 Å². The van der Waals surface area contributed by atoms with Crippen LogP contribution in [0, 0.1) is 0 Å². The lowest BCUT2D eigenvalue weighted by Crippen LogP contribution is -2.26. The van der Waals surface area contributed by atoms with Crippen molar-refractivity contribution in [2.45, 2.75) is 19.8 Å². The molecule has 20 heavy (non-hydrogen) atoms. The Morgan fingerprint density at radius 1 is 1.35 bits per heavy atom. The fourth-order valence-corrected chi connectivity index (χ4v) is 1.66. The van der Waals surface area contributed by atoms with Gasteiger partial charge in [-0.1, -0.05) is 0 Å². The van der Waals surface area contributed by atoms with Gasteiger partial charge in [-0.15, -0.1) is 0 Å². The number of hydrogen-bond donors (Lipinski definition) is 3. The topological polar surface area (TPSA) is 103 Å². The minimum absolute atomic E-state index is 0.0571. The number of likely N-dealkylation sites (N-methyl/N-ethyl adjacent to an activating group) is 1. The summed E-state index contributed by atoms with van der Waals surface area (Å²) in [4.78, 5) is 27.8. The molecule has 0 aliphatic carbocycles. The van der Waals surface area contributed by atoms with E-state index in [-0.39, 0.29) is 25.4 Å². The molecule has 110 valence electrons. The van der Waals surface area contributed by atoms with Crippen LogP contribution in [0.1, 0.15) is 19.8 Å². The number of aliphatic hydroxyl groups excluding tert-OH is 1. The lowest BCUT2D eigenvalue weighted by Gasteiger charge is -2.21. The van der Waals surface area contributed by atoms with Crippen LogP contribution in [0.4, 0.5) is 11.5 Å². The van der Waals surface area contributed by atoms with Crippen molar-refractivity contribution in [3.8, 4) is 0 Å². The van der Waals surface area contributed by atoms with Crippen LogP contribution in [0.2, 0.25) is 0 Å². The highest BCUT2D eigenvalue weighted by molar-refractivity contribution is 5.91. The molecule has 0 fully saturated rings. The number of carboxylic acid groups (broad SMARTS) is 1. The van der Waals surface area contributed by atoms with Crippen LogP contribution < -0.4 is 10.2 Å². The second-order valence-electron chi connectivity index (χ2n) is 4.15. The van der Waals surface area contributed by atoms with Crippen LogP contribution in [0.3, 0.4) is 0 Å². The van der Waals surface area contributed by atoms with E-state index >= 15 is 0 Å². The number of nitrogens with zero attached hydrogens (tertiary/aromatic N) is 2. The van der Waals surface area contributed by atoms with Crippen molar-refractivity contribution in [1.29, 1.82) is 0 Å². The maximum absolute atomic E-state index is 11.4. The van der Waals surface area contributed by atoms with Gasteiger partial charge in [0.15, 0.2) is 0 Å². The van der Waals surface area contributed by atoms with E-state index in [2.05, 4.69) is 10.3 Å². The Labute approximate surface area is 117 Å². The Balaban J connectivity index is 2.57. The van der Waals surface area contributed by atoms with E-state index in [4.69, 9.17) is 10.2 Å². The quantitative estimate of drug-likeness (QED) is 0.648. The molecule has 0 radical (unpaired) electrons. The third-order valence-corrected chi connectivity index (χ3v) is 2.70. The molecule has 1 heterocycles. The van der Waals surface area contributed by atoms with Gasteiger partial charge in [0.05, 0.1) is 24.9 Å². The molecule has 3 N–H and O–H groups in total. The maximum atomic E-state index is 11.4. The van der Waals surface area contributed by atoms with Crippen molar-refractivity contribution < 1.29 is 19.8 Å². The molecule has 0 spiro atoms. The highest BCUT2D eigenvalue weighted by Crippen LogP contribution is 2.14. The molecule has 1 amide bonds. The van der Waals surface area contributed by atoms with Gasteiger partial charge in [0.1, 0.15) is 5.82 Å². The van der Waals surface area contributed by atoms with E-state index in [9.17, 15) is 9.59 Å². The van der Waals surface area contributed by atoms with Gasteiger partial charge in [0.2, 0.25) is 5.91 Å². The van der Waals surface area contributed by atoms with Crippen LogP contribution in [0.15, 0.2) is 18.3 Å². The van der Waals surface area contributed by atoms with Gasteiger partial charge < -0.3 is 20.4 Å². The number of carbonyl (C=O) groups is 2. The van der Waals surface area contributed by atoms with E-state index in [0.717, 1.165) is 12.2 Å². The summed E-state index contributed by atoms with van der Waals surface area (Å²) in [6.07, 6.45) is 1.32. The predicted molar refractivity (Wildman–Crippen MR) is 74.7 cm³/mol. The molecule has 0 aliphatic heterocycles. The lowest BCUT2D eigenvalue weighted by atomic mass is 10.3. The number of amides is 1. The monoisotopic (exact) mass is 281 g/mol. The molecule has 0 atom stereocenters. The van der Waals surface area contributed by atoms with Crippen molar-refractivity contribution >= 4 is 23.4 Å². The van der Waals surface area contributed by atoms with Crippen LogP contribution in [0.5, 0.6) is 0 Å². The summed E-state index contributed by atoms with van der Waals surface area (Å²) >= 11 is 0. The number of aromatic nitrogens is 1. The third kappa shape index (κ3) is 5.23. The van der Waals surface area contributed by atoms with E-state index in [1.165, 1.54) is 0 Å². The summed E-state index contributed by atoms with van der Waals surface area (Å²) < 4.78 is 0. The minimum atomic E-state index is -1.01. The lowest BCUT2D eigenvalue weighted by molar-refractivity contribution is -0.138. The van der Waals surface area contributed by atoms with Crippen LogP contribution in [-0.2, 0) is 9.59 Å². The fraction of sp³-hybridized carbons (Fsp3) is 0.462. The average Bonchev–Trinajstić information content (AvgIpc) is 2.43. The second-order valence-corrected chi connectivity index (χ2v) is 4.15. The number of carboxylic acids is 1. The molecule has 7 nitrogen and oxygen atoms in total. The van der Waals surface area contributed by atoms with Gasteiger partial charge in [-0.25, -0.2) is 4.98 Å². The molecular formula is C13H19N3O4. The SMILES string of the molecule is CCN(CCO)c1ccc(NC(=O)CCC(=O)O)nc1. The van der Waals surface area contributed by atoms with Gasteiger partial charge in [-0.3, -0.25) is 9.59 Å². The van der Waals surface area contributed by atoms with Crippen molar-refractivity contribution in [2.24, 2.45) is 0 Å². The summed E-state index contributed by atoms with van der Waals surface area (Å²) in [6, 6.07) is 3.44. The smallest absolute Gasteiger partial charge is 0.303 e. The van der Waals surface area contributed by atoms with E-state index in [0.29, 0.717) is 12.4 Å². The first-order valence-electron chi connectivity index (χ1n) is 6.40. The normalized spacial score (nSPS) is 10.1. The van der Waals surface area contributed by atoms with Crippen LogP contribution in [-0.4, -0.2) is 46.8 Å². The predicted octanol–water partition coefficient (Wildman–Crippen LogP) is 0.703. The summed E-state index contributed by atoms with van der Waals surface area (Å²) in [7, 11) is 0. The maximum Gasteiger partial charge on any atom is 0.303 e. The number of nitrogens with one attached hydrogen (secondary N) is 1. The highest BCUT2D eigenvalue weighted by Gasteiger charge is 2.08. The second kappa shape index (κ2) is 8.11. The largest absolute Gasteiger partial charge is 0.481 e. The average molecular weight is 281 g/mol. The van der Waals surface area contributed by atoms with Gasteiger partial charge >= 0.3 is 5.97 Å². The number of aliphatic hydroxyl groups is 1. The Morgan fingerprint density at radius 2 is 2.10 bits per heavy atom. The molecule has 0 saturated carbocycles. The first-order chi connectivity index (χ1) is 9.56. The van der Waals surface area contributed by atoms with Gasteiger partial charge in [-0.05, 0) is 19.1 Å². The molecule has 0 aromatic carbocycles. The summed E-state index contributed by atoms with van der Waals surface area (Å²) in [5, 5.41) is 20.0. The third-order valence-electron chi connectivity index (χ3n) is 2.70. The van der Waals surface area contributed by atoms with Crippen molar-refractivity contribution in [3.63, 3.8) is 0 Å². The molecule has 1 rings (SSSR count). The van der Waals surface area contributed by atoms with E-state index in [1.54, 1.807) is 18.3 Å². The van der Waals surface area contributed by atoms with E-state index < -0.39 is 5.97 Å². The Bertz CT molecular complexity index is 447. The first-order valence-corrected chi connectivity index (χ1v) is 6.40. The molecule has 1 aromatic heterocycles. The molecule has 7 heteroatoms. The fourth-order valence-electron chi connectivity index (χ4n) is 1.66. The summed E-state index contributed by atoms with van der Waals surface area (Å²) in [5.41, 5.74) is 0.852. The van der Waals surface area contributed by atoms with Crippen LogP contribution >= 0.6 is 0 Å². The van der Waals surface area contributed by atoms with Gasteiger partial charge in [0.25, 0.3) is 0 Å². The first kappa shape index (κ1) is 15.9. The van der Waals surface area contributed by atoms with Crippen LogP contribution in [0.25, 0.3) is 0 Å². The number of rotatable bonds is 8.